The fourth-order valence-corrected chi connectivity index (χ4v) is 11.0. The number of hydrogen-bond acceptors (Lipinski definition) is 4. The summed E-state index contributed by atoms with van der Waals surface area (Å²) in [5.41, 5.74) is 7.33. The molecule has 4 aromatic heterocycles. The SMILES string of the molecule is Cn1c2cc3c(=O)c4cccc(-c5cccc6c5sc5ccccc56)c4n(C)c3cc2c(=O)c2cccc(-c3cccc4c3sc3ccccc34)c21. The van der Waals surface area contributed by atoms with Crippen LogP contribution < -0.4 is 10.9 Å². The van der Waals surface area contributed by atoms with Gasteiger partial charge in [-0.15, -0.1) is 22.7 Å². The standard InChI is InChI=1S/C46H28N2O2S2/c1-47-37-23-36-38(48(2)42-28(14-8-20-34(42)44(36)50)32-18-10-16-30-26-12-4-6-22-40(26)52-46(30)32)24-35(37)43(49)33-19-7-13-27(41(33)47)31-17-9-15-29-25-11-3-5-21-39(25)51-45(29)31/h3-24H,1-2H3. The number of rotatable bonds is 2. The minimum atomic E-state index is -0.0359. The van der Waals surface area contributed by atoms with Crippen molar-refractivity contribution >= 4 is 107 Å². The van der Waals surface area contributed by atoms with E-state index in [1.807, 2.05) is 50.5 Å². The van der Waals surface area contributed by atoms with Gasteiger partial charge in [0, 0.05) is 98.2 Å². The molecule has 0 radical (unpaired) electrons. The first-order chi connectivity index (χ1) is 25.5. The lowest BCUT2D eigenvalue weighted by molar-refractivity contribution is 0.995. The summed E-state index contributed by atoms with van der Waals surface area (Å²) in [4.78, 5) is 29.1. The van der Waals surface area contributed by atoms with Crippen LogP contribution in [0, 0.1) is 0 Å². The summed E-state index contributed by atoms with van der Waals surface area (Å²) < 4.78 is 9.09. The number of nitrogens with zero attached hydrogens (tertiary/aromatic N) is 2. The van der Waals surface area contributed by atoms with E-state index in [-0.39, 0.29) is 10.9 Å². The topological polar surface area (TPSA) is 44.0 Å². The quantitative estimate of drug-likeness (QED) is 0.168. The van der Waals surface area contributed by atoms with Crippen LogP contribution >= 0.6 is 22.7 Å². The van der Waals surface area contributed by atoms with Gasteiger partial charge in [-0.25, -0.2) is 0 Å². The van der Waals surface area contributed by atoms with E-state index in [2.05, 4.69) is 106 Å². The van der Waals surface area contributed by atoms with E-state index in [4.69, 9.17) is 0 Å². The largest absolute Gasteiger partial charge is 0.343 e. The van der Waals surface area contributed by atoms with Crippen LogP contribution in [0.3, 0.4) is 0 Å². The van der Waals surface area contributed by atoms with Crippen molar-refractivity contribution < 1.29 is 0 Å². The third-order valence-electron chi connectivity index (χ3n) is 10.9. The molecule has 0 atom stereocenters. The van der Waals surface area contributed by atoms with E-state index in [0.717, 1.165) is 44.3 Å². The first kappa shape index (κ1) is 29.6. The molecule has 0 aliphatic rings. The Hall–Kier alpha value is -6.08. The lowest BCUT2D eigenvalue weighted by atomic mass is 9.96. The maximum atomic E-state index is 14.6. The smallest absolute Gasteiger partial charge is 0.197 e. The average Bonchev–Trinajstić information content (AvgIpc) is 3.77. The number of hydrogen-bond donors (Lipinski definition) is 0. The zero-order valence-electron chi connectivity index (χ0n) is 28.2. The molecule has 0 bridgehead atoms. The monoisotopic (exact) mass is 704 g/mol. The third-order valence-corrected chi connectivity index (χ3v) is 13.4. The van der Waals surface area contributed by atoms with Crippen molar-refractivity contribution in [3.63, 3.8) is 0 Å². The molecular formula is C46H28N2O2S2. The average molecular weight is 705 g/mol. The number of benzene rings is 7. The van der Waals surface area contributed by atoms with E-state index < -0.39 is 0 Å². The van der Waals surface area contributed by atoms with E-state index >= 15 is 0 Å². The lowest BCUT2D eigenvalue weighted by Crippen LogP contribution is -2.14. The van der Waals surface area contributed by atoms with Crippen LogP contribution in [0.15, 0.2) is 143 Å². The van der Waals surface area contributed by atoms with Gasteiger partial charge >= 0.3 is 0 Å². The van der Waals surface area contributed by atoms with Crippen LogP contribution in [-0.4, -0.2) is 9.13 Å². The maximum absolute atomic E-state index is 14.6. The van der Waals surface area contributed by atoms with Gasteiger partial charge in [0.05, 0.1) is 22.1 Å². The molecule has 0 amide bonds. The van der Waals surface area contributed by atoms with Crippen molar-refractivity contribution in [2.24, 2.45) is 14.1 Å². The molecule has 0 unspecified atom stereocenters. The Morgan fingerprint density at radius 3 is 1.19 bits per heavy atom. The molecule has 0 saturated carbocycles. The highest BCUT2D eigenvalue weighted by Crippen LogP contribution is 2.43. The van der Waals surface area contributed by atoms with Crippen molar-refractivity contribution in [2.45, 2.75) is 0 Å². The van der Waals surface area contributed by atoms with Crippen LogP contribution in [0.4, 0.5) is 0 Å². The highest BCUT2D eigenvalue weighted by molar-refractivity contribution is 7.26. The summed E-state index contributed by atoms with van der Waals surface area (Å²) in [5.74, 6) is 0. The second-order valence-corrected chi connectivity index (χ2v) is 15.7. The van der Waals surface area contributed by atoms with Gasteiger partial charge < -0.3 is 9.13 Å². The van der Waals surface area contributed by atoms with Crippen LogP contribution in [0.5, 0.6) is 0 Å². The fraction of sp³-hybridized carbons (Fsp3) is 0.0435. The van der Waals surface area contributed by atoms with Gasteiger partial charge in [-0.05, 0) is 36.4 Å². The fourth-order valence-electron chi connectivity index (χ4n) is 8.56. The summed E-state index contributed by atoms with van der Waals surface area (Å²) in [6, 6.07) is 45.8. The van der Waals surface area contributed by atoms with Crippen LogP contribution in [0.25, 0.3) is 106 Å². The molecule has 4 nitrogen and oxygen atoms in total. The Kier molecular flexibility index (Phi) is 6.11. The van der Waals surface area contributed by atoms with Crippen LogP contribution in [-0.2, 0) is 14.1 Å². The molecule has 0 aliphatic carbocycles. The summed E-state index contributed by atoms with van der Waals surface area (Å²) in [5, 5.41) is 7.41. The maximum Gasteiger partial charge on any atom is 0.197 e. The highest BCUT2D eigenvalue weighted by Gasteiger charge is 2.21. The zero-order valence-corrected chi connectivity index (χ0v) is 29.9. The molecule has 7 aromatic carbocycles. The Bertz CT molecular complexity index is 3260. The number of para-hydroxylation sites is 2. The third kappa shape index (κ3) is 3.91. The zero-order chi connectivity index (χ0) is 34.8. The van der Waals surface area contributed by atoms with Crippen molar-refractivity contribution in [2.75, 3.05) is 0 Å². The van der Waals surface area contributed by atoms with Crippen molar-refractivity contribution in [1.29, 1.82) is 0 Å². The Labute approximate surface area is 304 Å². The van der Waals surface area contributed by atoms with E-state index in [1.54, 1.807) is 22.7 Å². The van der Waals surface area contributed by atoms with E-state index in [1.165, 1.54) is 40.3 Å². The predicted octanol–water partition coefficient (Wildman–Crippen LogP) is 11.8. The molecule has 11 aromatic rings. The number of aryl methyl sites for hydroxylation is 2. The first-order valence-electron chi connectivity index (χ1n) is 17.3. The summed E-state index contributed by atoms with van der Waals surface area (Å²) >= 11 is 3.56. The molecule has 0 spiro atoms. The summed E-state index contributed by atoms with van der Waals surface area (Å²) in [6.45, 7) is 0. The van der Waals surface area contributed by atoms with Gasteiger partial charge in [0.1, 0.15) is 0 Å². The molecule has 52 heavy (non-hydrogen) atoms. The van der Waals surface area contributed by atoms with Crippen molar-refractivity contribution in [3.8, 4) is 22.3 Å². The minimum absolute atomic E-state index is 0.0359. The molecule has 246 valence electrons. The molecule has 6 heteroatoms. The van der Waals surface area contributed by atoms with Crippen LogP contribution in [0.1, 0.15) is 0 Å². The molecule has 4 heterocycles. The van der Waals surface area contributed by atoms with Crippen molar-refractivity contribution in [1.82, 2.24) is 9.13 Å². The predicted molar refractivity (Wildman–Crippen MR) is 224 cm³/mol. The second-order valence-electron chi connectivity index (χ2n) is 13.6. The molecular weight excluding hydrogens is 677 g/mol. The second kappa shape index (κ2) is 10.7. The normalized spacial score (nSPS) is 12.2. The molecule has 0 fully saturated rings. The number of pyridine rings is 2. The lowest BCUT2D eigenvalue weighted by Gasteiger charge is -2.18. The molecule has 0 saturated heterocycles. The van der Waals surface area contributed by atoms with Gasteiger partial charge in [0.15, 0.2) is 10.9 Å². The Morgan fingerprint density at radius 2 is 0.750 bits per heavy atom. The van der Waals surface area contributed by atoms with E-state index in [0.29, 0.717) is 21.5 Å². The van der Waals surface area contributed by atoms with E-state index in [9.17, 15) is 9.59 Å². The van der Waals surface area contributed by atoms with Gasteiger partial charge in [0.25, 0.3) is 0 Å². The highest BCUT2D eigenvalue weighted by atomic mass is 32.1. The Balaban J connectivity index is 1.20. The summed E-state index contributed by atoms with van der Waals surface area (Å²) in [7, 11) is 4.03. The summed E-state index contributed by atoms with van der Waals surface area (Å²) in [6.07, 6.45) is 0. The molecule has 0 aliphatic heterocycles. The first-order valence-corrected chi connectivity index (χ1v) is 18.9. The Morgan fingerprint density at radius 1 is 0.385 bits per heavy atom. The van der Waals surface area contributed by atoms with Gasteiger partial charge in [-0.1, -0.05) is 97.1 Å². The van der Waals surface area contributed by atoms with Gasteiger partial charge in [-0.2, -0.15) is 0 Å². The molecule has 0 N–H and O–H groups in total. The van der Waals surface area contributed by atoms with Gasteiger partial charge in [0.2, 0.25) is 0 Å². The number of thiophene rings is 2. The van der Waals surface area contributed by atoms with Crippen LogP contribution in [0.2, 0.25) is 0 Å². The minimum Gasteiger partial charge on any atom is -0.343 e. The number of fused-ring (bicyclic) bond motifs is 10. The number of aromatic nitrogens is 2. The van der Waals surface area contributed by atoms with Gasteiger partial charge in [-0.3, -0.25) is 9.59 Å². The van der Waals surface area contributed by atoms with Crippen molar-refractivity contribution in [3.05, 3.63) is 154 Å². The molecule has 11 rings (SSSR count).